The molecule has 0 radical (unpaired) electrons. The third kappa shape index (κ3) is 5.56. The van der Waals surface area contributed by atoms with Crippen molar-refractivity contribution in [2.75, 3.05) is 29.9 Å². The van der Waals surface area contributed by atoms with Crippen molar-refractivity contribution in [1.29, 1.82) is 0 Å². The topological polar surface area (TPSA) is 88.6 Å². The van der Waals surface area contributed by atoms with Gasteiger partial charge in [-0.05, 0) is 97.2 Å². The van der Waals surface area contributed by atoms with Gasteiger partial charge in [0.25, 0.3) is 0 Å². The number of carbonyl (C=O) groups is 1. The van der Waals surface area contributed by atoms with Crippen molar-refractivity contribution in [3.8, 4) is 5.75 Å². The van der Waals surface area contributed by atoms with E-state index >= 15 is 0 Å². The molecular formula is C31H34ClN3O4S. The van der Waals surface area contributed by atoms with Crippen molar-refractivity contribution in [2.24, 2.45) is 5.92 Å². The van der Waals surface area contributed by atoms with Crippen LogP contribution in [0.4, 0.5) is 11.4 Å². The summed E-state index contributed by atoms with van der Waals surface area (Å²) >= 11 is 6.36. The highest BCUT2D eigenvalue weighted by atomic mass is 35.5. The Morgan fingerprint density at radius 3 is 2.70 bits per heavy atom. The van der Waals surface area contributed by atoms with Crippen LogP contribution in [0.25, 0.3) is 0 Å². The van der Waals surface area contributed by atoms with Gasteiger partial charge in [-0.15, -0.1) is 0 Å². The van der Waals surface area contributed by atoms with E-state index in [4.69, 9.17) is 16.3 Å². The maximum Gasteiger partial charge on any atom is 0.226 e. The lowest BCUT2D eigenvalue weighted by atomic mass is 9.70. The van der Waals surface area contributed by atoms with Crippen LogP contribution in [0.1, 0.15) is 60.5 Å². The standard InChI is InChI=1S/C31H34ClN3O4S/c32-24-6-8-26-23(15-24)5-2-12-31(26)19-35(18-21-3-1-4-21)27-16-25(7-9-28(27)39-20-31)34-30(36)17-29(40(37)38)22-10-13-33-14-11-22/h6-11,13-16,21,29,40H,1-5,12,17-20H2,(H,34,36)/t29?,31-/m0/s1. The smallest absolute Gasteiger partial charge is 0.226 e. The second-order valence-electron chi connectivity index (χ2n) is 11.4. The van der Waals surface area contributed by atoms with Gasteiger partial charge in [0.2, 0.25) is 5.91 Å². The Morgan fingerprint density at radius 1 is 1.12 bits per heavy atom. The molecule has 1 N–H and O–H groups in total. The number of ether oxygens (including phenoxy) is 1. The number of thiol groups is 1. The fourth-order valence-corrected chi connectivity index (χ4v) is 7.39. The number of halogens is 1. The molecule has 6 rings (SSSR count). The van der Waals surface area contributed by atoms with E-state index in [-0.39, 0.29) is 17.7 Å². The molecule has 7 nitrogen and oxygen atoms in total. The largest absolute Gasteiger partial charge is 0.490 e. The van der Waals surface area contributed by atoms with Crippen LogP contribution in [-0.4, -0.2) is 39.0 Å². The lowest BCUT2D eigenvalue weighted by Gasteiger charge is -2.42. The number of anilines is 2. The number of nitrogens with one attached hydrogen (secondary N) is 1. The van der Waals surface area contributed by atoms with E-state index < -0.39 is 16.0 Å². The number of rotatable bonds is 7. The number of hydrogen-bond acceptors (Lipinski definition) is 6. The molecular weight excluding hydrogens is 546 g/mol. The third-order valence-electron chi connectivity index (χ3n) is 8.75. The summed E-state index contributed by atoms with van der Waals surface area (Å²) in [5.74, 6) is 1.10. The molecule has 1 spiro atoms. The van der Waals surface area contributed by atoms with Gasteiger partial charge in [0.05, 0.1) is 17.5 Å². The van der Waals surface area contributed by atoms with Gasteiger partial charge >= 0.3 is 0 Å². The van der Waals surface area contributed by atoms with Crippen molar-refractivity contribution in [3.05, 3.63) is 82.6 Å². The summed E-state index contributed by atoms with van der Waals surface area (Å²) in [4.78, 5) is 19.4. The minimum Gasteiger partial charge on any atom is -0.490 e. The highest BCUT2D eigenvalue weighted by molar-refractivity contribution is 7.72. The van der Waals surface area contributed by atoms with Gasteiger partial charge in [-0.25, -0.2) is 8.42 Å². The van der Waals surface area contributed by atoms with E-state index in [9.17, 15) is 13.2 Å². The first-order valence-corrected chi connectivity index (χ1v) is 15.7. The number of benzene rings is 2. The van der Waals surface area contributed by atoms with Crippen LogP contribution in [0.3, 0.4) is 0 Å². The molecule has 40 heavy (non-hydrogen) atoms. The summed E-state index contributed by atoms with van der Waals surface area (Å²) in [7, 11) is -2.83. The highest BCUT2D eigenvalue weighted by Gasteiger charge is 2.42. The van der Waals surface area contributed by atoms with Crippen LogP contribution in [0.5, 0.6) is 5.75 Å². The molecule has 9 heteroatoms. The minimum atomic E-state index is -2.83. The number of nitrogens with zero attached hydrogens (tertiary/aromatic N) is 2. The van der Waals surface area contributed by atoms with E-state index in [2.05, 4.69) is 27.3 Å². The summed E-state index contributed by atoms with van der Waals surface area (Å²) in [6, 6.07) is 15.3. The normalized spacial score (nSPS) is 21.1. The van der Waals surface area contributed by atoms with E-state index in [0.717, 1.165) is 48.8 Å². The van der Waals surface area contributed by atoms with Crippen LogP contribution < -0.4 is 15.0 Å². The average molecular weight is 580 g/mol. The summed E-state index contributed by atoms with van der Waals surface area (Å²) in [5.41, 5.74) is 4.67. The van der Waals surface area contributed by atoms with Crippen molar-refractivity contribution < 1.29 is 17.9 Å². The number of amides is 1. The van der Waals surface area contributed by atoms with Crippen LogP contribution in [0.15, 0.2) is 60.9 Å². The SMILES string of the molecule is O=C(CC(c1ccncc1)[SH](=O)=O)Nc1ccc2c(c1)N(CC1CCC1)C[C@@]1(CCCc3cc(Cl)ccc31)CO2. The highest BCUT2D eigenvalue weighted by Crippen LogP contribution is 2.46. The van der Waals surface area contributed by atoms with Crippen molar-refractivity contribution in [1.82, 2.24) is 4.98 Å². The maximum absolute atomic E-state index is 13.0. The van der Waals surface area contributed by atoms with Crippen molar-refractivity contribution >= 4 is 39.6 Å². The zero-order chi connectivity index (χ0) is 27.7. The molecule has 3 aliphatic rings. The predicted octanol–water partition coefficient (Wildman–Crippen LogP) is 5.69. The molecule has 3 aromatic rings. The predicted molar refractivity (Wildman–Crippen MR) is 158 cm³/mol. The summed E-state index contributed by atoms with van der Waals surface area (Å²) in [5, 5.41) is 2.81. The minimum absolute atomic E-state index is 0.137. The first-order valence-electron chi connectivity index (χ1n) is 14.0. The molecule has 1 fully saturated rings. The number of fused-ring (bicyclic) bond motifs is 3. The number of hydrogen-bond donors (Lipinski definition) is 2. The molecule has 1 amide bonds. The average Bonchev–Trinajstić information content (AvgIpc) is 3.07. The van der Waals surface area contributed by atoms with Crippen LogP contribution >= 0.6 is 11.6 Å². The fraction of sp³-hybridized carbons (Fsp3) is 0.419. The quantitative estimate of drug-likeness (QED) is 0.350. The Labute approximate surface area is 241 Å². The number of pyridine rings is 1. The molecule has 0 bridgehead atoms. The Morgan fingerprint density at radius 2 is 1.95 bits per heavy atom. The van der Waals surface area contributed by atoms with Gasteiger partial charge in [-0.1, -0.05) is 24.1 Å². The van der Waals surface area contributed by atoms with Crippen LogP contribution in [0, 0.1) is 5.92 Å². The third-order valence-corrected chi connectivity index (χ3v) is 9.97. The van der Waals surface area contributed by atoms with Gasteiger partial charge in [0, 0.05) is 48.0 Å². The second-order valence-corrected chi connectivity index (χ2v) is 13.0. The molecule has 1 saturated carbocycles. The Kier molecular flexibility index (Phi) is 7.73. The summed E-state index contributed by atoms with van der Waals surface area (Å²) in [6.07, 6.45) is 9.80. The fourth-order valence-electron chi connectivity index (χ4n) is 6.47. The van der Waals surface area contributed by atoms with Gasteiger partial charge < -0.3 is 15.0 Å². The van der Waals surface area contributed by atoms with Gasteiger partial charge in [0.1, 0.15) is 16.5 Å². The Bertz CT molecular complexity index is 1470. The molecule has 2 aliphatic carbocycles. The molecule has 2 atom stereocenters. The monoisotopic (exact) mass is 579 g/mol. The van der Waals surface area contributed by atoms with E-state index in [1.807, 2.05) is 24.3 Å². The Balaban J connectivity index is 1.27. The summed E-state index contributed by atoms with van der Waals surface area (Å²) in [6.45, 7) is 2.37. The second kappa shape index (κ2) is 11.4. The zero-order valence-electron chi connectivity index (χ0n) is 22.4. The van der Waals surface area contributed by atoms with Gasteiger partial charge in [-0.3, -0.25) is 9.78 Å². The first-order chi connectivity index (χ1) is 19.4. The van der Waals surface area contributed by atoms with Gasteiger partial charge in [0.15, 0.2) is 0 Å². The molecule has 2 aromatic carbocycles. The molecule has 1 aromatic heterocycles. The Hall–Kier alpha value is -3.10. The molecule has 1 aliphatic heterocycles. The first kappa shape index (κ1) is 27.1. The van der Waals surface area contributed by atoms with Crippen LogP contribution in [-0.2, 0) is 27.3 Å². The molecule has 210 valence electrons. The number of aryl methyl sites for hydroxylation is 1. The van der Waals surface area contributed by atoms with Crippen molar-refractivity contribution in [2.45, 2.75) is 55.6 Å². The molecule has 1 unspecified atom stereocenters. The van der Waals surface area contributed by atoms with E-state index in [1.165, 1.54) is 42.8 Å². The molecule has 0 saturated heterocycles. The number of carbonyl (C=O) groups excluding carboxylic acids is 1. The zero-order valence-corrected chi connectivity index (χ0v) is 24.0. The number of aromatic nitrogens is 1. The van der Waals surface area contributed by atoms with Crippen molar-refractivity contribution in [3.63, 3.8) is 0 Å². The lowest BCUT2D eigenvalue weighted by Crippen LogP contribution is -2.47. The molecule has 2 heterocycles. The maximum atomic E-state index is 13.0. The van der Waals surface area contributed by atoms with Crippen LogP contribution in [0.2, 0.25) is 5.02 Å². The lowest BCUT2D eigenvalue weighted by molar-refractivity contribution is -0.116. The van der Waals surface area contributed by atoms with E-state index in [1.54, 1.807) is 12.1 Å². The van der Waals surface area contributed by atoms with Gasteiger partial charge in [-0.2, -0.15) is 0 Å². The van der Waals surface area contributed by atoms with E-state index in [0.29, 0.717) is 23.8 Å². The summed E-state index contributed by atoms with van der Waals surface area (Å²) < 4.78 is 30.4.